The van der Waals surface area contributed by atoms with Crippen molar-refractivity contribution < 1.29 is 0 Å². The fourth-order valence-corrected chi connectivity index (χ4v) is 2.36. The van der Waals surface area contributed by atoms with E-state index in [2.05, 4.69) is 35.8 Å². The average Bonchev–Trinajstić information content (AvgIpc) is 2.41. The smallest absolute Gasteiger partial charge is 0.0823 e. The van der Waals surface area contributed by atoms with Crippen molar-refractivity contribution in [3.63, 3.8) is 0 Å². The summed E-state index contributed by atoms with van der Waals surface area (Å²) in [5.74, 6) is 0. The van der Waals surface area contributed by atoms with Crippen molar-refractivity contribution in [2.45, 2.75) is 11.4 Å². The van der Waals surface area contributed by atoms with Crippen LogP contribution in [0.5, 0.6) is 0 Å². The van der Waals surface area contributed by atoms with E-state index in [4.69, 9.17) is 23.2 Å². The summed E-state index contributed by atoms with van der Waals surface area (Å²) in [5, 5.41) is 4.42. The van der Waals surface area contributed by atoms with Crippen molar-refractivity contribution in [1.29, 1.82) is 0 Å². The summed E-state index contributed by atoms with van der Waals surface area (Å²) in [6.07, 6.45) is 2.07. The van der Waals surface area contributed by atoms with E-state index in [1.165, 1.54) is 10.5 Å². The maximum atomic E-state index is 6.11. The molecule has 0 aliphatic carbocycles. The summed E-state index contributed by atoms with van der Waals surface area (Å²) in [4.78, 5) is 1.26. The number of nitrogens with one attached hydrogen (secondary N) is 1. The first-order chi connectivity index (χ1) is 8.70. The van der Waals surface area contributed by atoms with Crippen LogP contribution in [-0.4, -0.2) is 6.26 Å². The van der Waals surface area contributed by atoms with Gasteiger partial charge in [-0.05, 0) is 36.1 Å². The zero-order chi connectivity index (χ0) is 13.0. The van der Waals surface area contributed by atoms with Crippen molar-refractivity contribution in [3.05, 3.63) is 58.1 Å². The molecule has 2 aromatic rings. The topological polar surface area (TPSA) is 12.0 Å². The molecular formula is C14H13Cl2NS. The molecule has 0 saturated carbocycles. The first-order valence-corrected chi connectivity index (χ1v) is 7.49. The van der Waals surface area contributed by atoms with Crippen molar-refractivity contribution in [2.24, 2.45) is 0 Å². The Labute approximate surface area is 121 Å². The maximum absolute atomic E-state index is 6.11. The molecule has 0 unspecified atom stereocenters. The van der Waals surface area contributed by atoms with E-state index in [1.54, 1.807) is 17.8 Å². The van der Waals surface area contributed by atoms with Crippen LogP contribution >= 0.6 is 35.0 Å². The molecule has 1 nitrogen and oxygen atoms in total. The molecule has 0 bridgehead atoms. The summed E-state index contributed by atoms with van der Waals surface area (Å²) < 4.78 is 0. The number of hydrogen-bond acceptors (Lipinski definition) is 2. The Morgan fingerprint density at radius 3 is 2.44 bits per heavy atom. The average molecular weight is 298 g/mol. The molecule has 0 atom stereocenters. The van der Waals surface area contributed by atoms with E-state index in [0.717, 1.165) is 12.2 Å². The molecule has 0 radical (unpaired) electrons. The first-order valence-electron chi connectivity index (χ1n) is 5.51. The van der Waals surface area contributed by atoms with E-state index >= 15 is 0 Å². The Kier molecular flexibility index (Phi) is 4.81. The maximum Gasteiger partial charge on any atom is 0.0823 e. The van der Waals surface area contributed by atoms with Crippen LogP contribution in [0.4, 0.5) is 5.69 Å². The summed E-state index contributed by atoms with van der Waals surface area (Å²) in [5.41, 5.74) is 2.07. The van der Waals surface area contributed by atoms with Crippen LogP contribution in [-0.2, 0) is 6.54 Å². The van der Waals surface area contributed by atoms with E-state index in [-0.39, 0.29) is 0 Å². The van der Waals surface area contributed by atoms with Gasteiger partial charge in [-0.2, -0.15) is 0 Å². The van der Waals surface area contributed by atoms with Crippen LogP contribution in [0.3, 0.4) is 0 Å². The fourth-order valence-electron chi connectivity index (χ4n) is 1.58. The number of rotatable bonds is 4. The lowest BCUT2D eigenvalue weighted by molar-refractivity contribution is 1.14. The summed E-state index contributed by atoms with van der Waals surface area (Å²) in [6.45, 7) is 0.731. The number of hydrogen-bond donors (Lipinski definition) is 1. The van der Waals surface area contributed by atoms with Crippen LogP contribution in [0, 0.1) is 0 Å². The van der Waals surface area contributed by atoms with Crippen LogP contribution in [0.2, 0.25) is 10.0 Å². The van der Waals surface area contributed by atoms with Gasteiger partial charge in [-0.25, -0.2) is 0 Å². The van der Waals surface area contributed by atoms with Crippen molar-refractivity contribution in [3.8, 4) is 0 Å². The van der Waals surface area contributed by atoms with E-state index in [0.29, 0.717) is 10.0 Å². The highest BCUT2D eigenvalue weighted by Crippen LogP contribution is 2.29. The van der Waals surface area contributed by atoms with Crippen LogP contribution < -0.4 is 5.32 Å². The van der Waals surface area contributed by atoms with E-state index in [9.17, 15) is 0 Å². The minimum atomic E-state index is 0.569. The zero-order valence-electron chi connectivity index (χ0n) is 9.91. The third-order valence-electron chi connectivity index (χ3n) is 2.59. The molecule has 2 rings (SSSR count). The molecule has 0 aromatic heterocycles. The summed E-state index contributed by atoms with van der Waals surface area (Å²) in [7, 11) is 0. The number of anilines is 1. The fraction of sp³-hybridized carbons (Fsp3) is 0.143. The molecule has 94 valence electrons. The summed E-state index contributed by atoms with van der Waals surface area (Å²) in [6, 6.07) is 14.0. The van der Waals surface area contributed by atoms with Gasteiger partial charge in [0.25, 0.3) is 0 Å². The molecule has 0 amide bonds. The number of thioether (sulfide) groups is 1. The molecule has 0 heterocycles. The third-order valence-corrected chi connectivity index (χ3v) is 4.16. The molecule has 0 aliphatic rings. The lowest BCUT2D eigenvalue weighted by atomic mass is 10.2. The highest BCUT2D eigenvalue weighted by molar-refractivity contribution is 7.98. The number of benzene rings is 2. The predicted octanol–water partition coefficient (Wildman–Crippen LogP) is 5.33. The standard InChI is InChI=1S/C14H13Cl2NS/c1-18-11-7-5-10(6-8-11)9-17-13-4-2-3-12(15)14(13)16/h2-8,17H,9H2,1H3. The van der Waals surface area contributed by atoms with Gasteiger partial charge in [-0.15, -0.1) is 11.8 Å². The zero-order valence-corrected chi connectivity index (χ0v) is 12.2. The molecule has 4 heteroatoms. The second-order valence-corrected chi connectivity index (χ2v) is 5.47. The third kappa shape index (κ3) is 3.35. The van der Waals surface area contributed by atoms with Gasteiger partial charge in [0.05, 0.1) is 15.7 Å². The van der Waals surface area contributed by atoms with Gasteiger partial charge in [0.2, 0.25) is 0 Å². The predicted molar refractivity (Wildman–Crippen MR) is 82.0 cm³/mol. The van der Waals surface area contributed by atoms with Gasteiger partial charge >= 0.3 is 0 Å². The first kappa shape index (κ1) is 13.6. The Morgan fingerprint density at radius 1 is 1.06 bits per heavy atom. The highest BCUT2D eigenvalue weighted by Gasteiger charge is 2.03. The molecular weight excluding hydrogens is 285 g/mol. The van der Waals surface area contributed by atoms with Crippen molar-refractivity contribution in [2.75, 3.05) is 11.6 Å². The second kappa shape index (κ2) is 6.37. The minimum absolute atomic E-state index is 0.569. The second-order valence-electron chi connectivity index (χ2n) is 3.80. The van der Waals surface area contributed by atoms with Crippen LogP contribution in [0.1, 0.15) is 5.56 Å². The molecule has 0 saturated heterocycles. The largest absolute Gasteiger partial charge is 0.380 e. The Bertz CT molecular complexity index is 526. The van der Waals surface area contributed by atoms with Crippen LogP contribution in [0.25, 0.3) is 0 Å². The van der Waals surface area contributed by atoms with Crippen LogP contribution in [0.15, 0.2) is 47.4 Å². The number of halogens is 2. The van der Waals surface area contributed by atoms with Crippen molar-refractivity contribution >= 4 is 40.7 Å². The minimum Gasteiger partial charge on any atom is -0.380 e. The SMILES string of the molecule is CSc1ccc(CNc2cccc(Cl)c2Cl)cc1. The molecule has 0 fully saturated rings. The van der Waals surface area contributed by atoms with Gasteiger partial charge in [-0.3, -0.25) is 0 Å². The van der Waals surface area contributed by atoms with Crippen molar-refractivity contribution in [1.82, 2.24) is 0 Å². The lowest BCUT2D eigenvalue weighted by Gasteiger charge is -2.09. The van der Waals surface area contributed by atoms with E-state index in [1.807, 2.05) is 12.1 Å². The van der Waals surface area contributed by atoms with Gasteiger partial charge in [0, 0.05) is 11.4 Å². The van der Waals surface area contributed by atoms with Gasteiger partial charge in [-0.1, -0.05) is 41.4 Å². The highest BCUT2D eigenvalue weighted by atomic mass is 35.5. The van der Waals surface area contributed by atoms with Gasteiger partial charge < -0.3 is 5.32 Å². The lowest BCUT2D eigenvalue weighted by Crippen LogP contribution is -1.99. The Hall–Kier alpha value is -0.830. The summed E-state index contributed by atoms with van der Waals surface area (Å²) >= 11 is 13.8. The quantitative estimate of drug-likeness (QED) is 0.766. The molecule has 1 N–H and O–H groups in total. The van der Waals surface area contributed by atoms with Gasteiger partial charge in [0.15, 0.2) is 0 Å². The monoisotopic (exact) mass is 297 g/mol. The Balaban J connectivity index is 2.04. The van der Waals surface area contributed by atoms with E-state index < -0.39 is 0 Å². The molecule has 18 heavy (non-hydrogen) atoms. The molecule has 0 aliphatic heterocycles. The van der Waals surface area contributed by atoms with Gasteiger partial charge in [0.1, 0.15) is 0 Å². The normalized spacial score (nSPS) is 10.4. The molecule has 0 spiro atoms. The Morgan fingerprint density at radius 2 is 1.78 bits per heavy atom. The molecule has 2 aromatic carbocycles.